The van der Waals surface area contributed by atoms with Crippen LogP contribution < -0.4 is 10.6 Å². The van der Waals surface area contributed by atoms with Crippen LogP contribution in [-0.2, 0) is 20.7 Å². The van der Waals surface area contributed by atoms with Crippen molar-refractivity contribution >= 4 is 23.6 Å². The normalized spacial score (nSPS) is 14.5. The van der Waals surface area contributed by atoms with Crippen molar-refractivity contribution in [1.82, 2.24) is 10.2 Å². The number of aromatic hydroxyl groups is 1. The van der Waals surface area contributed by atoms with Crippen LogP contribution in [-0.4, -0.2) is 45.6 Å². The molecule has 4 rings (SSSR count). The van der Waals surface area contributed by atoms with Crippen molar-refractivity contribution in [2.24, 2.45) is 0 Å². The van der Waals surface area contributed by atoms with Gasteiger partial charge < -0.3 is 25.4 Å². The largest absolute Gasteiger partial charge is 0.508 e. The second kappa shape index (κ2) is 12.5. The molecule has 0 bridgehead atoms. The van der Waals surface area contributed by atoms with Gasteiger partial charge in [0.1, 0.15) is 23.4 Å². The minimum absolute atomic E-state index is 0.0560. The lowest BCUT2D eigenvalue weighted by atomic mass is 9.99. The van der Waals surface area contributed by atoms with Gasteiger partial charge in [-0.1, -0.05) is 60.7 Å². The summed E-state index contributed by atoms with van der Waals surface area (Å²) in [7, 11) is 0. The molecular formula is C33H39N3O5. The number of phenols is 1. The summed E-state index contributed by atoms with van der Waals surface area (Å²) in [5.41, 5.74) is 3.17. The van der Waals surface area contributed by atoms with Gasteiger partial charge in [-0.2, -0.15) is 0 Å². The molecule has 8 heteroatoms. The number of benzene rings is 3. The van der Waals surface area contributed by atoms with Gasteiger partial charge in [-0.25, -0.2) is 4.79 Å². The number of para-hydroxylation sites is 1. The van der Waals surface area contributed by atoms with Crippen molar-refractivity contribution in [2.75, 3.05) is 5.32 Å². The molecule has 3 aromatic carbocycles. The molecule has 1 saturated carbocycles. The van der Waals surface area contributed by atoms with E-state index in [1.807, 2.05) is 62.4 Å². The number of amides is 3. The van der Waals surface area contributed by atoms with E-state index in [4.69, 9.17) is 4.74 Å². The van der Waals surface area contributed by atoms with Crippen LogP contribution in [0.3, 0.4) is 0 Å². The monoisotopic (exact) mass is 557 g/mol. The average molecular weight is 558 g/mol. The molecule has 3 aromatic rings. The summed E-state index contributed by atoms with van der Waals surface area (Å²) in [5, 5.41) is 15.8. The molecule has 2 atom stereocenters. The number of rotatable bonds is 9. The van der Waals surface area contributed by atoms with Crippen molar-refractivity contribution < 1.29 is 24.2 Å². The third kappa shape index (κ3) is 7.87. The Labute approximate surface area is 241 Å². The Hall–Kier alpha value is -4.33. The van der Waals surface area contributed by atoms with Crippen molar-refractivity contribution in [1.29, 1.82) is 0 Å². The molecule has 2 unspecified atom stereocenters. The summed E-state index contributed by atoms with van der Waals surface area (Å²) in [6, 6.07) is 19.4. The van der Waals surface area contributed by atoms with Gasteiger partial charge in [0.05, 0.1) is 0 Å². The molecule has 3 amide bonds. The fraction of sp³-hybridized carbons (Fsp3) is 0.364. The van der Waals surface area contributed by atoms with E-state index in [9.17, 15) is 19.5 Å². The van der Waals surface area contributed by atoms with E-state index in [-0.39, 0.29) is 30.0 Å². The number of carbonyl (C=O) groups excluding carboxylic acids is 3. The summed E-state index contributed by atoms with van der Waals surface area (Å²) in [5.74, 6) is -0.693. The zero-order chi connectivity index (χ0) is 29.7. The molecule has 0 spiro atoms. The van der Waals surface area contributed by atoms with Gasteiger partial charge in [0.2, 0.25) is 5.91 Å². The quantitative estimate of drug-likeness (QED) is 0.308. The lowest BCUT2D eigenvalue weighted by molar-refractivity contribution is -0.141. The van der Waals surface area contributed by atoms with Crippen molar-refractivity contribution in [2.45, 2.75) is 77.6 Å². The van der Waals surface area contributed by atoms with Crippen LogP contribution in [0.2, 0.25) is 0 Å². The first-order valence-corrected chi connectivity index (χ1v) is 13.9. The number of anilines is 1. The molecule has 1 aliphatic carbocycles. The standard InChI is InChI=1S/C33H39N3O5/c1-21-10-9-11-22(2)28(21)35-30(38)29(24-14-18-26(37)19-15-24)36(25-16-17-25)31(39)27(20-23-12-7-6-8-13-23)34-32(40)41-33(3,4)5/h6-15,18-19,25,27,29,37H,16-17,20H2,1-5H3,(H,34,40)(H,35,38). The van der Waals surface area contributed by atoms with Crippen molar-refractivity contribution in [3.8, 4) is 5.75 Å². The van der Waals surface area contributed by atoms with E-state index < -0.39 is 23.8 Å². The van der Waals surface area contributed by atoms with Crippen LogP contribution >= 0.6 is 0 Å². The zero-order valence-electron chi connectivity index (χ0n) is 24.3. The van der Waals surface area contributed by atoms with Crippen LogP contribution in [0.15, 0.2) is 72.8 Å². The van der Waals surface area contributed by atoms with Crippen LogP contribution in [0.25, 0.3) is 0 Å². The number of phenolic OH excluding ortho intramolecular Hbond substituents is 1. The van der Waals surface area contributed by atoms with E-state index in [1.165, 1.54) is 12.1 Å². The smallest absolute Gasteiger partial charge is 0.408 e. The Morgan fingerprint density at radius 3 is 2.10 bits per heavy atom. The number of alkyl carbamates (subject to hydrolysis) is 1. The van der Waals surface area contributed by atoms with Gasteiger partial charge >= 0.3 is 6.09 Å². The van der Waals surface area contributed by atoms with Crippen LogP contribution in [0.5, 0.6) is 5.75 Å². The molecule has 1 aliphatic rings. The van der Waals surface area contributed by atoms with E-state index in [0.29, 0.717) is 11.3 Å². The molecule has 1 fully saturated rings. The minimum atomic E-state index is -0.992. The highest BCUT2D eigenvalue weighted by Crippen LogP contribution is 2.37. The number of hydrogen-bond acceptors (Lipinski definition) is 5. The Morgan fingerprint density at radius 2 is 1.54 bits per heavy atom. The predicted octanol–water partition coefficient (Wildman–Crippen LogP) is 5.82. The average Bonchev–Trinajstić information content (AvgIpc) is 3.74. The molecule has 0 radical (unpaired) electrons. The molecule has 41 heavy (non-hydrogen) atoms. The Kier molecular flexibility index (Phi) is 9.01. The van der Waals surface area contributed by atoms with Crippen molar-refractivity contribution in [3.05, 3.63) is 95.1 Å². The maximum Gasteiger partial charge on any atom is 0.408 e. The number of hydrogen-bond donors (Lipinski definition) is 3. The topological polar surface area (TPSA) is 108 Å². The van der Waals surface area contributed by atoms with Crippen LogP contribution in [0, 0.1) is 13.8 Å². The highest BCUT2D eigenvalue weighted by Gasteiger charge is 2.44. The zero-order valence-corrected chi connectivity index (χ0v) is 24.3. The fourth-order valence-electron chi connectivity index (χ4n) is 4.85. The Balaban J connectivity index is 1.73. The second-order valence-electron chi connectivity index (χ2n) is 11.6. The number of nitrogens with zero attached hydrogens (tertiary/aromatic N) is 1. The highest BCUT2D eigenvalue weighted by molar-refractivity contribution is 6.00. The second-order valence-corrected chi connectivity index (χ2v) is 11.6. The maximum atomic E-state index is 14.4. The van der Waals surface area contributed by atoms with Crippen LogP contribution in [0.1, 0.15) is 61.9 Å². The first-order chi connectivity index (χ1) is 19.4. The predicted molar refractivity (Wildman–Crippen MR) is 159 cm³/mol. The third-order valence-electron chi connectivity index (χ3n) is 6.93. The summed E-state index contributed by atoms with van der Waals surface area (Å²) in [4.78, 5) is 43.0. The van der Waals surface area contributed by atoms with E-state index in [0.717, 1.165) is 29.5 Å². The lowest BCUT2D eigenvalue weighted by Crippen LogP contribution is -2.54. The summed E-state index contributed by atoms with van der Waals surface area (Å²) in [6.45, 7) is 9.12. The molecule has 0 aromatic heterocycles. The van der Waals surface area contributed by atoms with Gasteiger partial charge in [-0.3, -0.25) is 9.59 Å². The molecule has 0 heterocycles. The first-order valence-electron chi connectivity index (χ1n) is 13.9. The van der Waals surface area contributed by atoms with Gasteiger partial charge in [0, 0.05) is 18.2 Å². The Bertz CT molecular complexity index is 1360. The maximum absolute atomic E-state index is 14.4. The van der Waals surface area contributed by atoms with E-state index in [1.54, 1.807) is 37.8 Å². The fourth-order valence-corrected chi connectivity index (χ4v) is 4.85. The number of aryl methyl sites for hydroxylation is 2. The number of carbonyl (C=O) groups is 3. The van der Waals surface area contributed by atoms with E-state index >= 15 is 0 Å². The Morgan fingerprint density at radius 1 is 0.927 bits per heavy atom. The first kappa shape index (κ1) is 29.6. The van der Waals surface area contributed by atoms with Crippen LogP contribution in [0.4, 0.5) is 10.5 Å². The molecule has 3 N–H and O–H groups in total. The lowest BCUT2D eigenvalue weighted by Gasteiger charge is -2.35. The van der Waals surface area contributed by atoms with Gasteiger partial charge in [0.15, 0.2) is 0 Å². The molecule has 216 valence electrons. The molecule has 0 saturated heterocycles. The SMILES string of the molecule is Cc1cccc(C)c1NC(=O)C(c1ccc(O)cc1)N(C(=O)C(Cc1ccccc1)NC(=O)OC(C)(C)C)C1CC1. The number of ether oxygens (including phenoxy) is 1. The van der Waals surface area contributed by atoms with Gasteiger partial charge in [-0.15, -0.1) is 0 Å². The third-order valence-corrected chi connectivity index (χ3v) is 6.93. The summed E-state index contributed by atoms with van der Waals surface area (Å²) < 4.78 is 5.50. The summed E-state index contributed by atoms with van der Waals surface area (Å²) in [6.07, 6.45) is 0.995. The van der Waals surface area contributed by atoms with E-state index in [2.05, 4.69) is 10.6 Å². The highest BCUT2D eigenvalue weighted by atomic mass is 16.6. The molecular weight excluding hydrogens is 518 g/mol. The molecule has 8 nitrogen and oxygen atoms in total. The summed E-state index contributed by atoms with van der Waals surface area (Å²) >= 11 is 0. The minimum Gasteiger partial charge on any atom is -0.508 e. The number of nitrogens with one attached hydrogen (secondary N) is 2. The van der Waals surface area contributed by atoms with Gasteiger partial charge in [0.25, 0.3) is 5.91 Å². The van der Waals surface area contributed by atoms with Gasteiger partial charge in [-0.05, 0) is 81.8 Å². The molecule has 0 aliphatic heterocycles. The van der Waals surface area contributed by atoms with Crippen molar-refractivity contribution in [3.63, 3.8) is 0 Å².